The fourth-order valence-electron chi connectivity index (χ4n) is 2.53. The lowest BCUT2D eigenvalue weighted by Gasteiger charge is -2.36. The number of hydrogen-bond donors (Lipinski definition) is 1. The minimum atomic E-state index is -0.119. The van der Waals surface area contributed by atoms with E-state index in [1.54, 1.807) is 6.07 Å². The predicted octanol–water partition coefficient (Wildman–Crippen LogP) is 3.84. The van der Waals surface area contributed by atoms with Crippen LogP contribution >= 0.6 is 0 Å². The number of likely N-dealkylation sites (N-methyl/N-ethyl adjacent to an activating group) is 1. The monoisotopic (exact) mass is 280 g/mol. The van der Waals surface area contributed by atoms with Gasteiger partial charge in [0.25, 0.3) is 0 Å². The second kappa shape index (κ2) is 7.75. The number of rotatable bonds is 7. The number of nitrogens with zero attached hydrogens (tertiary/aromatic N) is 1. The molecule has 0 fully saturated rings. The van der Waals surface area contributed by atoms with Gasteiger partial charge in [-0.2, -0.15) is 0 Å². The van der Waals surface area contributed by atoms with E-state index in [1.165, 1.54) is 6.07 Å². The summed E-state index contributed by atoms with van der Waals surface area (Å²) < 4.78 is 13.9. The van der Waals surface area contributed by atoms with Gasteiger partial charge in [0.15, 0.2) is 0 Å². The molecule has 0 spiro atoms. The van der Waals surface area contributed by atoms with Gasteiger partial charge >= 0.3 is 0 Å². The molecule has 0 saturated carbocycles. The van der Waals surface area contributed by atoms with Crippen LogP contribution in [0.4, 0.5) is 4.39 Å². The zero-order valence-electron chi connectivity index (χ0n) is 13.7. The highest BCUT2D eigenvalue weighted by molar-refractivity contribution is 5.20. The molecule has 2 atom stereocenters. The molecule has 20 heavy (non-hydrogen) atoms. The van der Waals surface area contributed by atoms with E-state index in [9.17, 15) is 4.39 Å². The Hall–Kier alpha value is -0.930. The lowest BCUT2D eigenvalue weighted by atomic mass is 9.98. The Bertz CT molecular complexity index is 404. The lowest BCUT2D eigenvalue weighted by molar-refractivity contribution is 0.137. The number of halogens is 1. The third-order valence-corrected chi connectivity index (χ3v) is 3.99. The van der Waals surface area contributed by atoms with Crippen LogP contribution in [0.5, 0.6) is 0 Å². The maximum atomic E-state index is 13.9. The highest BCUT2D eigenvalue weighted by atomic mass is 19.1. The fourth-order valence-corrected chi connectivity index (χ4v) is 2.53. The van der Waals surface area contributed by atoms with Crippen LogP contribution in [-0.2, 0) is 0 Å². The Labute approximate surface area is 123 Å². The van der Waals surface area contributed by atoms with E-state index in [0.717, 1.165) is 12.1 Å². The van der Waals surface area contributed by atoms with Crippen LogP contribution in [-0.4, -0.2) is 30.6 Å². The smallest absolute Gasteiger partial charge is 0.127 e. The van der Waals surface area contributed by atoms with E-state index in [1.807, 2.05) is 12.1 Å². The van der Waals surface area contributed by atoms with Gasteiger partial charge < -0.3 is 5.32 Å². The molecule has 1 N–H and O–H groups in total. The van der Waals surface area contributed by atoms with Crippen molar-refractivity contribution in [1.29, 1.82) is 0 Å². The lowest BCUT2D eigenvalue weighted by Crippen LogP contribution is -2.46. The maximum Gasteiger partial charge on any atom is 0.127 e. The van der Waals surface area contributed by atoms with E-state index in [4.69, 9.17) is 0 Å². The van der Waals surface area contributed by atoms with Crippen molar-refractivity contribution in [3.05, 3.63) is 35.6 Å². The van der Waals surface area contributed by atoms with Gasteiger partial charge in [-0.1, -0.05) is 45.9 Å². The normalized spacial score (nSPS) is 15.1. The highest BCUT2D eigenvalue weighted by Crippen LogP contribution is 2.25. The van der Waals surface area contributed by atoms with Gasteiger partial charge in [0.2, 0.25) is 0 Å². The topological polar surface area (TPSA) is 15.3 Å². The van der Waals surface area contributed by atoms with E-state index in [2.05, 4.69) is 51.9 Å². The van der Waals surface area contributed by atoms with E-state index in [-0.39, 0.29) is 11.9 Å². The molecule has 0 radical (unpaired) electrons. The Balaban J connectivity index is 2.83. The molecule has 2 nitrogen and oxygen atoms in total. The Kier molecular flexibility index (Phi) is 6.63. The number of nitrogens with one attached hydrogen (secondary N) is 1. The Morgan fingerprint density at radius 3 is 2.20 bits per heavy atom. The molecule has 0 amide bonds. The molecule has 0 heterocycles. The Morgan fingerprint density at radius 1 is 1.10 bits per heavy atom. The van der Waals surface area contributed by atoms with Crippen molar-refractivity contribution in [2.24, 2.45) is 5.92 Å². The van der Waals surface area contributed by atoms with Crippen molar-refractivity contribution in [3.63, 3.8) is 0 Å². The van der Waals surface area contributed by atoms with E-state index in [0.29, 0.717) is 18.0 Å². The first kappa shape index (κ1) is 17.1. The molecule has 1 aromatic carbocycles. The molecular formula is C17H29FN2. The maximum absolute atomic E-state index is 13.9. The summed E-state index contributed by atoms with van der Waals surface area (Å²) in [6.07, 6.45) is 0. The van der Waals surface area contributed by atoms with Gasteiger partial charge in [-0.15, -0.1) is 0 Å². The molecule has 3 heteroatoms. The first-order chi connectivity index (χ1) is 9.34. The molecule has 1 rings (SSSR count). The molecule has 2 unspecified atom stereocenters. The molecule has 0 aliphatic rings. The summed E-state index contributed by atoms with van der Waals surface area (Å²) in [6.45, 7) is 11.7. The van der Waals surface area contributed by atoms with Crippen molar-refractivity contribution in [3.8, 4) is 0 Å². The SMILES string of the molecule is CC(C)NCC(C(C)C)N(C)C(C)c1ccccc1F. The largest absolute Gasteiger partial charge is 0.313 e. The first-order valence-corrected chi connectivity index (χ1v) is 7.54. The molecule has 1 aromatic rings. The van der Waals surface area contributed by atoms with Crippen molar-refractivity contribution in [2.45, 2.75) is 52.7 Å². The van der Waals surface area contributed by atoms with Crippen LogP contribution < -0.4 is 5.32 Å². The second-order valence-electron chi connectivity index (χ2n) is 6.24. The zero-order chi connectivity index (χ0) is 15.3. The minimum Gasteiger partial charge on any atom is -0.313 e. The van der Waals surface area contributed by atoms with Crippen LogP contribution in [0.15, 0.2) is 24.3 Å². The third kappa shape index (κ3) is 4.57. The van der Waals surface area contributed by atoms with Gasteiger partial charge in [-0.25, -0.2) is 4.39 Å². The third-order valence-electron chi connectivity index (χ3n) is 3.99. The van der Waals surface area contributed by atoms with E-state index >= 15 is 0 Å². The summed E-state index contributed by atoms with van der Waals surface area (Å²) in [6, 6.07) is 7.98. The second-order valence-corrected chi connectivity index (χ2v) is 6.24. The summed E-state index contributed by atoms with van der Waals surface area (Å²) in [7, 11) is 2.09. The van der Waals surface area contributed by atoms with Gasteiger partial charge in [-0.05, 0) is 26.0 Å². The van der Waals surface area contributed by atoms with Crippen molar-refractivity contribution >= 4 is 0 Å². The van der Waals surface area contributed by atoms with Gasteiger partial charge in [0, 0.05) is 30.2 Å². The minimum absolute atomic E-state index is 0.0672. The summed E-state index contributed by atoms with van der Waals surface area (Å²) in [5, 5.41) is 3.49. The van der Waals surface area contributed by atoms with Gasteiger partial charge in [0.05, 0.1) is 0 Å². The molecule has 114 valence electrons. The van der Waals surface area contributed by atoms with Crippen LogP contribution in [0, 0.1) is 11.7 Å². The van der Waals surface area contributed by atoms with Gasteiger partial charge in [-0.3, -0.25) is 4.90 Å². The Morgan fingerprint density at radius 2 is 1.70 bits per heavy atom. The van der Waals surface area contributed by atoms with Crippen molar-refractivity contribution < 1.29 is 4.39 Å². The van der Waals surface area contributed by atoms with Gasteiger partial charge in [0.1, 0.15) is 5.82 Å². The van der Waals surface area contributed by atoms with Crippen LogP contribution in [0.25, 0.3) is 0 Å². The highest BCUT2D eigenvalue weighted by Gasteiger charge is 2.25. The summed E-state index contributed by atoms with van der Waals surface area (Å²) in [5.41, 5.74) is 0.769. The fraction of sp³-hybridized carbons (Fsp3) is 0.647. The van der Waals surface area contributed by atoms with Crippen molar-refractivity contribution in [1.82, 2.24) is 10.2 Å². The summed E-state index contributed by atoms with van der Waals surface area (Å²) >= 11 is 0. The molecule has 0 saturated heterocycles. The summed E-state index contributed by atoms with van der Waals surface area (Å²) in [5.74, 6) is 0.395. The average Bonchev–Trinajstić information content (AvgIpc) is 2.37. The van der Waals surface area contributed by atoms with Crippen LogP contribution in [0.2, 0.25) is 0 Å². The number of benzene rings is 1. The molecular weight excluding hydrogens is 251 g/mol. The average molecular weight is 280 g/mol. The first-order valence-electron chi connectivity index (χ1n) is 7.54. The zero-order valence-corrected chi connectivity index (χ0v) is 13.7. The van der Waals surface area contributed by atoms with Crippen molar-refractivity contribution in [2.75, 3.05) is 13.6 Å². The predicted molar refractivity (Wildman–Crippen MR) is 84.3 cm³/mol. The molecule has 0 aromatic heterocycles. The standard InChI is InChI=1S/C17H29FN2/c1-12(2)17(11-19-13(3)4)20(6)14(5)15-9-7-8-10-16(15)18/h7-10,12-14,17,19H,11H2,1-6H3. The quantitative estimate of drug-likeness (QED) is 0.816. The molecule has 0 bridgehead atoms. The molecule has 0 aliphatic carbocycles. The van der Waals surface area contributed by atoms with Crippen LogP contribution in [0.1, 0.15) is 46.2 Å². The van der Waals surface area contributed by atoms with Crippen LogP contribution in [0.3, 0.4) is 0 Å². The van der Waals surface area contributed by atoms with E-state index < -0.39 is 0 Å². The number of hydrogen-bond acceptors (Lipinski definition) is 2. The summed E-state index contributed by atoms with van der Waals surface area (Å²) in [4.78, 5) is 2.28. The molecule has 0 aliphatic heterocycles.